The van der Waals surface area contributed by atoms with E-state index in [9.17, 15) is 9.59 Å². The number of carbonyl (C=O) groups is 1. The van der Waals surface area contributed by atoms with Crippen LogP contribution in [0.15, 0.2) is 58.5 Å². The lowest BCUT2D eigenvalue weighted by Crippen LogP contribution is -2.28. The van der Waals surface area contributed by atoms with Crippen LogP contribution in [0, 0.1) is 0 Å². The Balaban J connectivity index is 1.92. The highest BCUT2D eigenvalue weighted by atomic mass is 32.2. The second-order valence-electron chi connectivity index (χ2n) is 6.24. The molecule has 3 aromatic rings. The fraction of sp³-hybridized carbons (Fsp3) is 0.286. The highest BCUT2D eigenvalue weighted by Crippen LogP contribution is 2.23. The number of nitrogens with one attached hydrogen (secondary N) is 1. The molecule has 0 bridgehead atoms. The Hall–Kier alpha value is -2.84. The number of hydrogen-bond acceptors (Lipinski definition) is 6. The number of rotatable bonds is 9. The first-order valence-corrected chi connectivity index (χ1v) is 10.2. The van der Waals surface area contributed by atoms with Gasteiger partial charge in [-0.25, -0.2) is 4.98 Å². The molecule has 0 spiro atoms. The number of thioether (sulfide) groups is 1. The van der Waals surface area contributed by atoms with Gasteiger partial charge in [0.15, 0.2) is 5.16 Å². The van der Waals surface area contributed by atoms with Gasteiger partial charge in [0.1, 0.15) is 5.75 Å². The molecule has 152 valence electrons. The lowest BCUT2D eigenvalue weighted by atomic mass is 10.2. The quantitative estimate of drug-likeness (QED) is 0.330. The molecule has 8 heteroatoms. The van der Waals surface area contributed by atoms with Crippen LogP contribution >= 0.6 is 11.8 Å². The number of benzene rings is 2. The van der Waals surface area contributed by atoms with E-state index in [-0.39, 0.29) is 17.2 Å². The maximum atomic E-state index is 13.2. The van der Waals surface area contributed by atoms with Gasteiger partial charge in [-0.15, -0.1) is 0 Å². The standard InChI is InChI=1S/C21H23N3O4S/c1-27-12-6-11-22-19(25)14-29-21-23-18-10-4-3-9-17(18)20(26)24(21)15-7-5-8-16(13-15)28-2/h3-5,7-10,13H,6,11-12,14H2,1-2H3,(H,22,25). The first-order chi connectivity index (χ1) is 14.1. The second-order valence-corrected chi connectivity index (χ2v) is 7.18. The topological polar surface area (TPSA) is 82.5 Å². The van der Waals surface area contributed by atoms with Crippen LogP contribution in [0.3, 0.4) is 0 Å². The minimum atomic E-state index is -0.188. The lowest BCUT2D eigenvalue weighted by Gasteiger charge is -2.14. The van der Waals surface area contributed by atoms with Crippen LogP contribution in [0.2, 0.25) is 0 Å². The summed E-state index contributed by atoms with van der Waals surface area (Å²) in [7, 11) is 3.20. The van der Waals surface area contributed by atoms with Gasteiger partial charge in [-0.3, -0.25) is 14.2 Å². The van der Waals surface area contributed by atoms with E-state index in [0.29, 0.717) is 40.6 Å². The van der Waals surface area contributed by atoms with Gasteiger partial charge in [0.2, 0.25) is 5.91 Å². The molecule has 1 N–H and O–H groups in total. The van der Waals surface area contributed by atoms with Gasteiger partial charge in [0.25, 0.3) is 5.56 Å². The van der Waals surface area contributed by atoms with Crippen molar-refractivity contribution in [2.24, 2.45) is 0 Å². The van der Waals surface area contributed by atoms with Crippen molar-refractivity contribution < 1.29 is 14.3 Å². The third-order valence-corrected chi connectivity index (χ3v) is 5.17. The van der Waals surface area contributed by atoms with E-state index < -0.39 is 0 Å². The van der Waals surface area contributed by atoms with Crippen LogP contribution < -0.4 is 15.6 Å². The summed E-state index contributed by atoms with van der Waals surface area (Å²) in [5.41, 5.74) is 1.04. The van der Waals surface area contributed by atoms with E-state index in [1.165, 1.54) is 16.3 Å². The molecule has 1 heterocycles. The number of para-hydroxylation sites is 1. The number of ether oxygens (including phenoxy) is 2. The van der Waals surface area contributed by atoms with Crippen LogP contribution in [-0.2, 0) is 9.53 Å². The van der Waals surface area contributed by atoms with Crippen LogP contribution in [0.25, 0.3) is 16.6 Å². The van der Waals surface area contributed by atoms with E-state index in [0.717, 1.165) is 6.42 Å². The number of nitrogens with zero attached hydrogens (tertiary/aromatic N) is 2. The molecule has 1 aromatic heterocycles. The van der Waals surface area contributed by atoms with Crippen molar-refractivity contribution in [2.75, 3.05) is 33.1 Å². The van der Waals surface area contributed by atoms with Gasteiger partial charge >= 0.3 is 0 Å². The number of aromatic nitrogens is 2. The number of methoxy groups -OCH3 is 2. The third-order valence-electron chi connectivity index (χ3n) is 4.24. The summed E-state index contributed by atoms with van der Waals surface area (Å²) >= 11 is 1.22. The predicted molar refractivity (Wildman–Crippen MR) is 114 cm³/mol. The Morgan fingerprint density at radius 2 is 2.00 bits per heavy atom. The summed E-state index contributed by atoms with van der Waals surface area (Å²) in [6.07, 6.45) is 0.746. The molecule has 0 saturated heterocycles. The van der Waals surface area contributed by atoms with Crippen LogP contribution in [-0.4, -0.2) is 48.6 Å². The van der Waals surface area contributed by atoms with Crippen molar-refractivity contribution in [3.63, 3.8) is 0 Å². The average molecular weight is 413 g/mol. The number of carbonyl (C=O) groups excluding carboxylic acids is 1. The van der Waals surface area contributed by atoms with Gasteiger partial charge in [-0.1, -0.05) is 30.0 Å². The van der Waals surface area contributed by atoms with E-state index >= 15 is 0 Å². The highest BCUT2D eigenvalue weighted by Gasteiger charge is 2.15. The fourth-order valence-electron chi connectivity index (χ4n) is 2.81. The van der Waals surface area contributed by atoms with Gasteiger partial charge in [-0.2, -0.15) is 0 Å². The van der Waals surface area contributed by atoms with E-state index in [1.807, 2.05) is 30.3 Å². The zero-order chi connectivity index (χ0) is 20.6. The largest absolute Gasteiger partial charge is 0.497 e. The minimum absolute atomic E-state index is 0.120. The molecule has 0 saturated carbocycles. The van der Waals surface area contributed by atoms with Gasteiger partial charge < -0.3 is 14.8 Å². The zero-order valence-electron chi connectivity index (χ0n) is 16.4. The summed E-state index contributed by atoms with van der Waals surface area (Å²) < 4.78 is 11.8. The van der Waals surface area contributed by atoms with Crippen LogP contribution in [0.1, 0.15) is 6.42 Å². The fourth-order valence-corrected chi connectivity index (χ4v) is 3.65. The highest BCUT2D eigenvalue weighted by molar-refractivity contribution is 7.99. The molecule has 3 rings (SSSR count). The Morgan fingerprint density at radius 3 is 2.79 bits per heavy atom. The molecule has 0 atom stereocenters. The molecular formula is C21H23N3O4S. The molecule has 0 aliphatic heterocycles. The molecule has 0 aliphatic rings. The van der Waals surface area contributed by atoms with Crippen molar-refractivity contribution >= 4 is 28.6 Å². The lowest BCUT2D eigenvalue weighted by molar-refractivity contribution is -0.118. The first kappa shape index (κ1) is 20.9. The minimum Gasteiger partial charge on any atom is -0.497 e. The second kappa shape index (κ2) is 10.1. The van der Waals surface area contributed by atoms with Gasteiger partial charge in [0.05, 0.1) is 29.5 Å². The molecule has 0 fully saturated rings. The normalized spacial score (nSPS) is 10.8. The Bertz CT molecular complexity index is 1050. The summed E-state index contributed by atoms with van der Waals surface area (Å²) in [6.45, 7) is 1.14. The molecular weight excluding hydrogens is 390 g/mol. The molecule has 1 amide bonds. The third kappa shape index (κ3) is 5.16. The average Bonchev–Trinajstić information content (AvgIpc) is 2.75. The van der Waals surface area contributed by atoms with E-state index in [2.05, 4.69) is 10.3 Å². The van der Waals surface area contributed by atoms with E-state index in [1.54, 1.807) is 32.4 Å². The molecule has 7 nitrogen and oxygen atoms in total. The molecule has 2 aromatic carbocycles. The first-order valence-electron chi connectivity index (χ1n) is 9.18. The van der Waals surface area contributed by atoms with Crippen LogP contribution in [0.5, 0.6) is 5.75 Å². The van der Waals surface area contributed by atoms with Crippen molar-refractivity contribution in [2.45, 2.75) is 11.6 Å². The number of fused-ring (bicyclic) bond motifs is 1. The summed E-state index contributed by atoms with van der Waals surface area (Å²) in [4.78, 5) is 30.0. The summed E-state index contributed by atoms with van der Waals surface area (Å²) in [5.74, 6) is 0.668. The smallest absolute Gasteiger partial charge is 0.266 e. The number of amides is 1. The van der Waals surface area contributed by atoms with Crippen LogP contribution in [0.4, 0.5) is 0 Å². The molecule has 29 heavy (non-hydrogen) atoms. The SMILES string of the molecule is COCCCNC(=O)CSc1nc2ccccc2c(=O)n1-c1cccc(OC)c1. The van der Waals surface area contributed by atoms with Crippen molar-refractivity contribution in [1.82, 2.24) is 14.9 Å². The molecule has 0 aliphatic carbocycles. The molecule has 0 unspecified atom stereocenters. The predicted octanol–water partition coefficient (Wildman–Crippen LogP) is 2.64. The van der Waals surface area contributed by atoms with Crippen molar-refractivity contribution in [3.05, 3.63) is 58.9 Å². The van der Waals surface area contributed by atoms with Crippen molar-refractivity contribution in [3.8, 4) is 11.4 Å². The maximum absolute atomic E-state index is 13.2. The Labute approximate surface area is 173 Å². The zero-order valence-corrected chi connectivity index (χ0v) is 17.2. The Kier molecular flexibility index (Phi) is 7.26. The van der Waals surface area contributed by atoms with Crippen molar-refractivity contribution in [1.29, 1.82) is 0 Å². The Morgan fingerprint density at radius 1 is 1.17 bits per heavy atom. The summed E-state index contributed by atoms with van der Waals surface area (Å²) in [6, 6.07) is 14.4. The number of hydrogen-bond donors (Lipinski definition) is 1. The van der Waals surface area contributed by atoms with Gasteiger partial charge in [-0.05, 0) is 30.7 Å². The molecule has 0 radical (unpaired) electrons. The van der Waals surface area contributed by atoms with Gasteiger partial charge in [0, 0.05) is 26.3 Å². The summed E-state index contributed by atoms with van der Waals surface area (Å²) in [5, 5.41) is 3.81. The van der Waals surface area contributed by atoms with E-state index in [4.69, 9.17) is 9.47 Å². The monoisotopic (exact) mass is 413 g/mol. The maximum Gasteiger partial charge on any atom is 0.266 e.